The molecule has 2 aliphatic rings. The first-order chi connectivity index (χ1) is 14.8. The summed E-state index contributed by atoms with van der Waals surface area (Å²) in [4.78, 5) is 27.1. The molecule has 3 amide bonds. The van der Waals surface area contributed by atoms with Crippen molar-refractivity contribution < 1.29 is 18.7 Å². The summed E-state index contributed by atoms with van der Waals surface area (Å²) in [6, 6.07) is 5.68. The van der Waals surface area contributed by atoms with Gasteiger partial charge in [0.15, 0.2) is 0 Å². The average Bonchev–Trinajstić information content (AvgIpc) is 3.53. The largest absolute Gasteiger partial charge is 0.497 e. The van der Waals surface area contributed by atoms with Crippen LogP contribution < -0.4 is 15.4 Å². The zero-order chi connectivity index (χ0) is 22.6. The zero-order valence-electron chi connectivity index (χ0n) is 18.2. The second-order valence-corrected chi connectivity index (χ2v) is 8.59. The number of hydrogen-bond donors (Lipinski definition) is 2. The lowest BCUT2D eigenvalue weighted by Gasteiger charge is -2.29. The maximum Gasteiger partial charge on any atom is 0.318 e. The van der Waals surface area contributed by atoms with E-state index in [2.05, 4.69) is 16.7 Å². The minimum absolute atomic E-state index is 0.192. The number of ether oxygens (including phenoxy) is 1. The first-order valence-corrected chi connectivity index (χ1v) is 10.6. The molecule has 1 fully saturated rings. The summed E-state index contributed by atoms with van der Waals surface area (Å²) >= 11 is 0. The Kier molecular flexibility index (Phi) is 6.84. The molecule has 0 saturated heterocycles. The summed E-state index contributed by atoms with van der Waals surface area (Å²) in [5.41, 5.74) is 0.519. The van der Waals surface area contributed by atoms with Gasteiger partial charge in [-0.25, -0.2) is 9.18 Å². The van der Waals surface area contributed by atoms with Crippen molar-refractivity contribution in [1.29, 1.82) is 5.26 Å². The summed E-state index contributed by atoms with van der Waals surface area (Å²) < 4.78 is 19.4. The Labute approximate surface area is 182 Å². The molecule has 2 N–H and O–H groups in total. The highest BCUT2D eigenvalue weighted by atomic mass is 19.1. The Hall–Kier alpha value is -3.08. The Bertz CT molecular complexity index is 918. The summed E-state index contributed by atoms with van der Waals surface area (Å²) in [5, 5.41) is 14.8. The number of hydrogen-bond acceptors (Lipinski definition) is 4. The van der Waals surface area contributed by atoms with Gasteiger partial charge in [0.1, 0.15) is 23.1 Å². The third-order valence-corrected chi connectivity index (χ3v) is 5.66. The van der Waals surface area contributed by atoms with Gasteiger partial charge in [-0.15, -0.1) is 0 Å². The summed E-state index contributed by atoms with van der Waals surface area (Å²) in [6.45, 7) is 4.67. The Morgan fingerprint density at radius 1 is 1.35 bits per heavy atom. The van der Waals surface area contributed by atoms with Crippen LogP contribution in [0.25, 0.3) is 5.57 Å². The topological polar surface area (TPSA) is 94.5 Å². The summed E-state index contributed by atoms with van der Waals surface area (Å²) in [6.07, 6.45) is 4.07. The molecule has 7 nitrogen and oxygen atoms in total. The molecule has 0 bridgehead atoms. The van der Waals surface area contributed by atoms with Crippen molar-refractivity contribution in [3.8, 4) is 11.8 Å². The van der Waals surface area contributed by atoms with E-state index >= 15 is 0 Å². The molecular formula is C23H29FN4O3. The van der Waals surface area contributed by atoms with Gasteiger partial charge in [-0.2, -0.15) is 5.26 Å². The molecule has 1 aliphatic heterocycles. The number of carbonyl (C=O) groups is 2. The van der Waals surface area contributed by atoms with Crippen molar-refractivity contribution in [3.63, 3.8) is 0 Å². The molecule has 8 heteroatoms. The van der Waals surface area contributed by atoms with E-state index in [0.29, 0.717) is 50.1 Å². The molecular weight excluding hydrogens is 399 g/mol. The van der Waals surface area contributed by atoms with E-state index in [1.165, 1.54) is 13.2 Å². The second kappa shape index (κ2) is 9.38. The van der Waals surface area contributed by atoms with Gasteiger partial charge < -0.3 is 20.3 Å². The maximum absolute atomic E-state index is 14.2. The number of carbonyl (C=O) groups excluding carboxylic acids is 2. The smallest absolute Gasteiger partial charge is 0.318 e. The first kappa shape index (κ1) is 22.6. The van der Waals surface area contributed by atoms with E-state index < -0.39 is 11.6 Å². The van der Waals surface area contributed by atoms with Gasteiger partial charge in [-0.1, -0.05) is 19.9 Å². The minimum atomic E-state index is -0.777. The van der Waals surface area contributed by atoms with Crippen molar-refractivity contribution in [2.45, 2.75) is 51.1 Å². The highest BCUT2D eigenvalue weighted by molar-refractivity contribution is 5.88. The number of rotatable bonds is 7. The zero-order valence-corrected chi connectivity index (χ0v) is 18.2. The van der Waals surface area contributed by atoms with Crippen LogP contribution in [0, 0.1) is 23.1 Å². The number of benzene rings is 1. The molecule has 1 saturated carbocycles. The number of nitrogens with one attached hydrogen (secondary N) is 2. The van der Waals surface area contributed by atoms with E-state index in [-0.39, 0.29) is 23.7 Å². The molecule has 1 aromatic rings. The van der Waals surface area contributed by atoms with Gasteiger partial charge in [0.25, 0.3) is 0 Å². The van der Waals surface area contributed by atoms with Crippen LogP contribution in [0.1, 0.15) is 45.1 Å². The van der Waals surface area contributed by atoms with Gasteiger partial charge in [0.05, 0.1) is 13.2 Å². The lowest BCUT2D eigenvalue weighted by atomic mass is 9.98. The molecule has 31 heavy (non-hydrogen) atoms. The number of urea groups is 1. The van der Waals surface area contributed by atoms with Gasteiger partial charge >= 0.3 is 6.03 Å². The number of nitriles is 1. The normalized spacial score (nSPS) is 17.9. The average molecular weight is 429 g/mol. The lowest BCUT2D eigenvalue weighted by molar-refractivity contribution is -0.123. The number of halogens is 1. The number of methoxy groups -OCH3 is 1. The van der Waals surface area contributed by atoms with Crippen LogP contribution in [-0.2, 0) is 4.79 Å². The molecule has 1 atom stereocenters. The fraction of sp³-hybridized carbons (Fsp3) is 0.522. The Balaban J connectivity index is 1.64. The summed E-state index contributed by atoms with van der Waals surface area (Å²) in [5.74, 6) is 0.112. The minimum Gasteiger partial charge on any atom is -0.497 e. The van der Waals surface area contributed by atoms with Gasteiger partial charge in [0, 0.05) is 18.7 Å². The van der Waals surface area contributed by atoms with Gasteiger partial charge in [0.2, 0.25) is 5.91 Å². The van der Waals surface area contributed by atoms with Gasteiger partial charge in [-0.3, -0.25) is 4.79 Å². The van der Waals surface area contributed by atoms with E-state index in [1.807, 2.05) is 19.9 Å². The second-order valence-electron chi connectivity index (χ2n) is 8.59. The lowest BCUT2D eigenvalue weighted by Crippen LogP contribution is -2.54. The molecule has 0 spiro atoms. The van der Waals surface area contributed by atoms with E-state index in [9.17, 15) is 19.2 Å². The highest BCUT2D eigenvalue weighted by Crippen LogP contribution is 2.34. The Morgan fingerprint density at radius 3 is 2.65 bits per heavy atom. The van der Waals surface area contributed by atoms with E-state index in [1.54, 1.807) is 17.0 Å². The number of nitrogens with zero attached hydrogens (tertiary/aromatic N) is 2. The predicted molar refractivity (Wildman–Crippen MR) is 115 cm³/mol. The molecule has 0 aromatic heterocycles. The van der Waals surface area contributed by atoms with E-state index in [4.69, 9.17) is 4.74 Å². The van der Waals surface area contributed by atoms with Crippen molar-refractivity contribution in [1.82, 2.24) is 15.5 Å². The molecule has 1 heterocycles. The van der Waals surface area contributed by atoms with Crippen LogP contribution >= 0.6 is 0 Å². The van der Waals surface area contributed by atoms with Crippen LogP contribution in [-0.4, -0.2) is 48.6 Å². The molecule has 1 aliphatic carbocycles. The fourth-order valence-electron chi connectivity index (χ4n) is 3.63. The van der Waals surface area contributed by atoms with Crippen molar-refractivity contribution in [2.24, 2.45) is 5.92 Å². The van der Waals surface area contributed by atoms with Gasteiger partial charge in [-0.05, 0) is 55.4 Å². The SMILES string of the molecule is COc1ccc(F)c(C2=CCN(C(=O)NC(CC(C)C)C(=O)NC3(C#N)CC3)CC2)c1. The molecule has 166 valence electrons. The Morgan fingerprint density at radius 2 is 2.10 bits per heavy atom. The van der Waals surface area contributed by atoms with E-state index in [0.717, 1.165) is 5.57 Å². The maximum atomic E-state index is 14.2. The van der Waals surface area contributed by atoms with Crippen LogP contribution in [0.2, 0.25) is 0 Å². The summed E-state index contributed by atoms with van der Waals surface area (Å²) in [7, 11) is 1.53. The highest BCUT2D eigenvalue weighted by Gasteiger charge is 2.45. The first-order valence-electron chi connectivity index (χ1n) is 10.6. The van der Waals surface area contributed by atoms with Crippen molar-refractivity contribution in [2.75, 3.05) is 20.2 Å². The van der Waals surface area contributed by atoms with Crippen LogP contribution in [0.5, 0.6) is 5.75 Å². The third kappa shape index (κ3) is 5.54. The quantitative estimate of drug-likeness (QED) is 0.697. The monoisotopic (exact) mass is 428 g/mol. The fourth-order valence-corrected chi connectivity index (χ4v) is 3.63. The molecule has 3 rings (SSSR count). The van der Waals surface area contributed by atoms with Crippen molar-refractivity contribution >= 4 is 17.5 Å². The van der Waals surface area contributed by atoms with Crippen LogP contribution in [0.3, 0.4) is 0 Å². The van der Waals surface area contributed by atoms with Crippen LogP contribution in [0.15, 0.2) is 24.3 Å². The molecule has 1 aromatic carbocycles. The standard InChI is InChI=1S/C23H29FN4O3/c1-15(2)12-20(21(29)27-23(14-25)8-9-23)26-22(30)28-10-6-16(7-11-28)18-13-17(31-3)4-5-19(18)24/h4-6,13,15,20H,7-12H2,1-3H3,(H,26,30)(H,27,29). The third-order valence-electron chi connectivity index (χ3n) is 5.66. The molecule has 0 radical (unpaired) electrons. The number of amides is 3. The van der Waals surface area contributed by atoms with Crippen molar-refractivity contribution in [3.05, 3.63) is 35.7 Å². The predicted octanol–water partition coefficient (Wildman–Crippen LogP) is 3.22. The molecule has 1 unspecified atom stereocenters. The van der Waals surface area contributed by atoms with Crippen LogP contribution in [0.4, 0.5) is 9.18 Å².